The van der Waals surface area contributed by atoms with Crippen LogP contribution in [-0.2, 0) is 6.54 Å². The van der Waals surface area contributed by atoms with Crippen LogP contribution in [0, 0.1) is 0 Å². The third-order valence-electron chi connectivity index (χ3n) is 4.03. The first kappa shape index (κ1) is 16.4. The van der Waals surface area contributed by atoms with Gasteiger partial charge in [0.05, 0.1) is 30.7 Å². The topological polar surface area (TPSA) is 78.9 Å². The van der Waals surface area contributed by atoms with Crippen molar-refractivity contribution in [1.82, 2.24) is 19.7 Å². The number of benzene rings is 1. The van der Waals surface area contributed by atoms with Crippen molar-refractivity contribution >= 4 is 11.0 Å². The molecule has 0 aliphatic carbocycles. The molecule has 2 heterocycles. The average molecular weight is 325 g/mol. The van der Waals surface area contributed by atoms with Crippen LogP contribution in [-0.4, -0.2) is 33.4 Å². The van der Waals surface area contributed by atoms with Gasteiger partial charge in [0.25, 0.3) is 0 Å². The van der Waals surface area contributed by atoms with Gasteiger partial charge in [0.2, 0.25) is 0 Å². The van der Waals surface area contributed by atoms with Crippen molar-refractivity contribution < 1.29 is 4.74 Å². The lowest BCUT2D eigenvalue weighted by molar-refractivity contribution is 0.419. The second-order valence-corrected chi connectivity index (χ2v) is 5.78. The zero-order chi connectivity index (χ0) is 16.8. The molecule has 2 aromatic heterocycles. The molecule has 3 rings (SSSR count). The Labute approximate surface area is 141 Å². The van der Waals surface area contributed by atoms with E-state index in [1.165, 1.54) is 12.8 Å². The first-order chi connectivity index (χ1) is 11.8. The smallest absolute Gasteiger partial charge is 0.146 e. The van der Waals surface area contributed by atoms with Crippen LogP contribution in [0.5, 0.6) is 5.75 Å². The lowest BCUT2D eigenvalue weighted by Gasteiger charge is -2.05. The van der Waals surface area contributed by atoms with Crippen LogP contribution in [0.3, 0.4) is 0 Å². The van der Waals surface area contributed by atoms with Gasteiger partial charge in [-0.3, -0.25) is 9.67 Å². The van der Waals surface area contributed by atoms with Crippen LogP contribution < -0.4 is 10.5 Å². The number of para-hydroxylation sites is 1. The van der Waals surface area contributed by atoms with Crippen molar-refractivity contribution in [3.05, 3.63) is 36.8 Å². The number of aryl methyl sites for hydroxylation is 1. The van der Waals surface area contributed by atoms with E-state index in [4.69, 9.17) is 15.5 Å². The molecule has 0 spiro atoms. The monoisotopic (exact) mass is 325 g/mol. The SMILES string of the molecule is COc1cccc2ncc(-c3cnn(CCCCCCN)c3)nc12. The molecule has 0 aliphatic heterocycles. The molecule has 0 amide bonds. The highest BCUT2D eigenvalue weighted by atomic mass is 16.5. The number of aromatic nitrogens is 4. The average Bonchev–Trinajstić information content (AvgIpc) is 3.09. The molecular weight excluding hydrogens is 302 g/mol. The largest absolute Gasteiger partial charge is 0.494 e. The van der Waals surface area contributed by atoms with Crippen LogP contribution in [0.1, 0.15) is 25.7 Å². The van der Waals surface area contributed by atoms with Crippen molar-refractivity contribution in [2.45, 2.75) is 32.2 Å². The van der Waals surface area contributed by atoms with E-state index in [-0.39, 0.29) is 0 Å². The van der Waals surface area contributed by atoms with Crippen LogP contribution in [0.2, 0.25) is 0 Å². The summed E-state index contributed by atoms with van der Waals surface area (Å²) < 4.78 is 7.34. The molecule has 0 radical (unpaired) electrons. The molecule has 0 unspecified atom stereocenters. The predicted octanol–water partition coefficient (Wildman–Crippen LogP) is 3.02. The number of fused-ring (bicyclic) bond motifs is 1. The van der Waals surface area contributed by atoms with E-state index in [0.29, 0.717) is 0 Å². The van der Waals surface area contributed by atoms with Gasteiger partial charge in [0.15, 0.2) is 0 Å². The summed E-state index contributed by atoms with van der Waals surface area (Å²) in [5, 5.41) is 4.43. The minimum absolute atomic E-state index is 0.731. The fourth-order valence-electron chi connectivity index (χ4n) is 2.70. The molecule has 3 aromatic rings. The van der Waals surface area contributed by atoms with Gasteiger partial charge in [-0.1, -0.05) is 18.9 Å². The summed E-state index contributed by atoms with van der Waals surface area (Å²) in [5.74, 6) is 0.731. The number of nitrogens with zero attached hydrogens (tertiary/aromatic N) is 4. The van der Waals surface area contributed by atoms with Gasteiger partial charge in [-0.05, 0) is 31.5 Å². The second-order valence-electron chi connectivity index (χ2n) is 5.78. The number of methoxy groups -OCH3 is 1. The van der Waals surface area contributed by atoms with Gasteiger partial charge >= 0.3 is 0 Å². The Bertz CT molecular complexity index is 799. The van der Waals surface area contributed by atoms with Crippen LogP contribution >= 0.6 is 0 Å². The molecule has 126 valence electrons. The zero-order valence-electron chi connectivity index (χ0n) is 14.0. The number of hydrogen-bond donors (Lipinski definition) is 1. The van der Waals surface area contributed by atoms with E-state index >= 15 is 0 Å². The Hall–Kier alpha value is -2.47. The third-order valence-corrected chi connectivity index (χ3v) is 4.03. The lowest BCUT2D eigenvalue weighted by atomic mass is 10.2. The van der Waals surface area contributed by atoms with Crippen molar-refractivity contribution in [3.8, 4) is 17.0 Å². The standard InChI is InChI=1S/C18H23N5O/c1-24-17-8-6-7-15-18(17)22-16(12-20-15)14-11-21-23(13-14)10-5-3-2-4-9-19/h6-8,11-13H,2-5,9-10,19H2,1H3. The van der Waals surface area contributed by atoms with Gasteiger partial charge < -0.3 is 10.5 Å². The number of unbranched alkanes of at least 4 members (excludes halogenated alkanes) is 3. The Morgan fingerprint density at radius 3 is 2.83 bits per heavy atom. The zero-order valence-corrected chi connectivity index (χ0v) is 14.0. The van der Waals surface area contributed by atoms with E-state index in [9.17, 15) is 0 Å². The summed E-state index contributed by atoms with van der Waals surface area (Å²) in [6.45, 7) is 1.69. The Balaban J connectivity index is 1.74. The molecule has 0 bridgehead atoms. The first-order valence-corrected chi connectivity index (χ1v) is 8.34. The van der Waals surface area contributed by atoms with E-state index in [2.05, 4.69) is 10.1 Å². The van der Waals surface area contributed by atoms with Crippen molar-refractivity contribution in [2.75, 3.05) is 13.7 Å². The minimum Gasteiger partial charge on any atom is -0.494 e. The molecule has 24 heavy (non-hydrogen) atoms. The van der Waals surface area contributed by atoms with E-state index < -0.39 is 0 Å². The highest BCUT2D eigenvalue weighted by molar-refractivity contribution is 5.82. The van der Waals surface area contributed by atoms with Crippen LogP contribution in [0.25, 0.3) is 22.3 Å². The number of nitrogens with two attached hydrogens (primary N) is 1. The maximum Gasteiger partial charge on any atom is 0.146 e. The lowest BCUT2D eigenvalue weighted by Crippen LogP contribution is -2.00. The van der Waals surface area contributed by atoms with Gasteiger partial charge in [-0.2, -0.15) is 5.10 Å². The maximum absolute atomic E-state index is 5.51. The number of ether oxygens (including phenoxy) is 1. The fraction of sp³-hybridized carbons (Fsp3) is 0.389. The summed E-state index contributed by atoms with van der Waals surface area (Å²) in [6, 6.07) is 5.74. The fourth-order valence-corrected chi connectivity index (χ4v) is 2.70. The molecule has 1 aromatic carbocycles. The minimum atomic E-state index is 0.731. The van der Waals surface area contributed by atoms with Crippen LogP contribution in [0.4, 0.5) is 0 Å². The molecule has 0 fully saturated rings. The normalized spacial score (nSPS) is 11.1. The summed E-state index contributed by atoms with van der Waals surface area (Å²) in [7, 11) is 1.64. The predicted molar refractivity (Wildman–Crippen MR) is 94.8 cm³/mol. The van der Waals surface area contributed by atoms with Gasteiger partial charge in [0.1, 0.15) is 11.3 Å². The third kappa shape index (κ3) is 3.71. The quantitative estimate of drug-likeness (QED) is 0.644. The number of hydrogen-bond acceptors (Lipinski definition) is 5. The second kappa shape index (κ2) is 7.88. The van der Waals surface area contributed by atoms with E-state index in [1.54, 1.807) is 13.3 Å². The molecule has 0 saturated heterocycles. The molecule has 6 heteroatoms. The maximum atomic E-state index is 5.51. The molecule has 0 aliphatic rings. The highest BCUT2D eigenvalue weighted by Crippen LogP contribution is 2.25. The van der Waals surface area contributed by atoms with Gasteiger partial charge in [0, 0.05) is 18.3 Å². The molecule has 6 nitrogen and oxygen atoms in total. The summed E-state index contributed by atoms with van der Waals surface area (Å²) >= 11 is 0. The molecule has 2 N–H and O–H groups in total. The first-order valence-electron chi connectivity index (χ1n) is 8.34. The van der Waals surface area contributed by atoms with Gasteiger partial charge in [-0.15, -0.1) is 0 Å². The van der Waals surface area contributed by atoms with Crippen molar-refractivity contribution in [1.29, 1.82) is 0 Å². The van der Waals surface area contributed by atoms with Crippen LogP contribution in [0.15, 0.2) is 36.8 Å². The summed E-state index contributed by atoms with van der Waals surface area (Å²) in [5.41, 5.74) is 8.88. The molecule has 0 atom stereocenters. The molecule has 0 saturated carbocycles. The summed E-state index contributed by atoms with van der Waals surface area (Å²) in [4.78, 5) is 9.18. The van der Waals surface area contributed by atoms with E-state index in [0.717, 1.165) is 54.0 Å². The number of rotatable bonds is 8. The Kier molecular flexibility index (Phi) is 5.38. The Morgan fingerprint density at radius 2 is 2.00 bits per heavy atom. The van der Waals surface area contributed by atoms with E-state index in [1.807, 2.05) is 35.3 Å². The van der Waals surface area contributed by atoms with Crippen molar-refractivity contribution in [3.63, 3.8) is 0 Å². The summed E-state index contributed by atoms with van der Waals surface area (Å²) in [6.07, 6.45) is 10.2. The highest BCUT2D eigenvalue weighted by Gasteiger charge is 2.08. The Morgan fingerprint density at radius 1 is 1.12 bits per heavy atom. The molecular formula is C18H23N5O. The van der Waals surface area contributed by atoms with Gasteiger partial charge in [-0.25, -0.2) is 4.98 Å². The van der Waals surface area contributed by atoms with Crippen molar-refractivity contribution in [2.24, 2.45) is 5.73 Å².